The first-order chi connectivity index (χ1) is 7.16. The van der Waals surface area contributed by atoms with Gasteiger partial charge in [0, 0.05) is 12.6 Å². The first-order valence-corrected chi connectivity index (χ1v) is 6.17. The molecule has 1 N–H and O–H groups in total. The van der Waals surface area contributed by atoms with E-state index in [-0.39, 0.29) is 5.91 Å². The average molecular weight is 212 g/mol. The molecule has 1 amide bonds. The van der Waals surface area contributed by atoms with Gasteiger partial charge in [-0.05, 0) is 38.6 Å². The smallest absolute Gasteiger partial charge is 0.236 e. The topological polar surface area (TPSA) is 32.3 Å². The summed E-state index contributed by atoms with van der Waals surface area (Å²) in [5, 5.41) is 3.18. The highest BCUT2D eigenvalue weighted by Crippen LogP contribution is 2.22. The maximum atomic E-state index is 11.9. The van der Waals surface area contributed by atoms with Gasteiger partial charge in [-0.2, -0.15) is 0 Å². The summed E-state index contributed by atoms with van der Waals surface area (Å²) in [7, 11) is 0. The molecule has 0 bridgehead atoms. The number of hydrogen-bond acceptors (Lipinski definition) is 2. The molecule has 1 rings (SSSR count). The summed E-state index contributed by atoms with van der Waals surface area (Å²) in [5.41, 5.74) is 0. The minimum atomic E-state index is 0.266. The number of rotatable bonds is 4. The van der Waals surface area contributed by atoms with Gasteiger partial charge in [-0.3, -0.25) is 4.79 Å². The summed E-state index contributed by atoms with van der Waals surface area (Å²) in [4.78, 5) is 13.9. The van der Waals surface area contributed by atoms with Gasteiger partial charge in [0.15, 0.2) is 0 Å². The van der Waals surface area contributed by atoms with Crippen LogP contribution in [0.1, 0.15) is 40.0 Å². The molecule has 0 aromatic carbocycles. The highest BCUT2D eigenvalue weighted by molar-refractivity contribution is 5.78. The van der Waals surface area contributed by atoms with Crippen LogP contribution in [0, 0.1) is 5.92 Å². The van der Waals surface area contributed by atoms with E-state index in [1.165, 1.54) is 6.42 Å². The van der Waals surface area contributed by atoms with E-state index in [2.05, 4.69) is 26.1 Å². The predicted octanol–water partition coefficient (Wildman–Crippen LogP) is 1.63. The highest BCUT2D eigenvalue weighted by Gasteiger charge is 2.27. The van der Waals surface area contributed by atoms with E-state index in [1.807, 2.05) is 4.90 Å². The zero-order valence-corrected chi connectivity index (χ0v) is 10.3. The first-order valence-electron chi connectivity index (χ1n) is 6.17. The number of piperidine rings is 1. The van der Waals surface area contributed by atoms with Crippen molar-refractivity contribution in [2.75, 3.05) is 19.6 Å². The van der Waals surface area contributed by atoms with E-state index in [9.17, 15) is 4.79 Å². The van der Waals surface area contributed by atoms with Gasteiger partial charge in [-0.1, -0.05) is 13.8 Å². The molecule has 15 heavy (non-hydrogen) atoms. The van der Waals surface area contributed by atoms with Crippen molar-refractivity contribution >= 4 is 5.91 Å². The second-order valence-electron chi connectivity index (χ2n) is 4.62. The zero-order valence-electron chi connectivity index (χ0n) is 10.3. The summed E-state index contributed by atoms with van der Waals surface area (Å²) < 4.78 is 0. The van der Waals surface area contributed by atoms with Crippen LogP contribution in [0.5, 0.6) is 0 Å². The van der Waals surface area contributed by atoms with Crippen LogP contribution in [0.25, 0.3) is 0 Å². The van der Waals surface area contributed by atoms with Gasteiger partial charge in [0.1, 0.15) is 0 Å². The molecular formula is C12H24N2O. The van der Waals surface area contributed by atoms with Gasteiger partial charge in [-0.15, -0.1) is 0 Å². The van der Waals surface area contributed by atoms with E-state index < -0.39 is 0 Å². The number of amides is 1. The van der Waals surface area contributed by atoms with Crippen LogP contribution < -0.4 is 5.32 Å². The second kappa shape index (κ2) is 6.11. The molecular weight excluding hydrogens is 188 g/mol. The van der Waals surface area contributed by atoms with Gasteiger partial charge in [0.05, 0.1) is 6.54 Å². The third-order valence-corrected chi connectivity index (χ3v) is 3.40. The zero-order chi connectivity index (χ0) is 11.3. The summed E-state index contributed by atoms with van der Waals surface area (Å²) in [5.74, 6) is 0.913. The van der Waals surface area contributed by atoms with Crippen LogP contribution in [-0.2, 0) is 4.79 Å². The molecule has 0 aromatic rings. The largest absolute Gasteiger partial charge is 0.339 e. The van der Waals surface area contributed by atoms with E-state index in [4.69, 9.17) is 0 Å². The Morgan fingerprint density at radius 2 is 2.20 bits per heavy atom. The Morgan fingerprint density at radius 1 is 1.47 bits per heavy atom. The summed E-state index contributed by atoms with van der Waals surface area (Å²) in [6.45, 7) is 8.90. The predicted molar refractivity (Wildman–Crippen MR) is 62.7 cm³/mol. The Balaban J connectivity index is 2.37. The molecule has 2 unspecified atom stereocenters. The molecule has 1 fully saturated rings. The Labute approximate surface area is 93.2 Å². The Morgan fingerprint density at radius 3 is 2.87 bits per heavy atom. The third-order valence-electron chi connectivity index (χ3n) is 3.40. The number of carbonyl (C=O) groups is 1. The average Bonchev–Trinajstić information content (AvgIpc) is 2.22. The van der Waals surface area contributed by atoms with Crippen molar-refractivity contribution in [3.8, 4) is 0 Å². The van der Waals surface area contributed by atoms with Crippen molar-refractivity contribution in [1.82, 2.24) is 10.2 Å². The lowest BCUT2D eigenvalue weighted by atomic mass is 9.92. The van der Waals surface area contributed by atoms with E-state index in [1.54, 1.807) is 0 Å². The first kappa shape index (κ1) is 12.5. The fraction of sp³-hybridized carbons (Fsp3) is 0.917. The van der Waals surface area contributed by atoms with Gasteiger partial charge in [0.2, 0.25) is 5.91 Å². The van der Waals surface area contributed by atoms with Crippen LogP contribution >= 0.6 is 0 Å². The van der Waals surface area contributed by atoms with Crippen molar-refractivity contribution in [2.24, 2.45) is 5.92 Å². The van der Waals surface area contributed by atoms with Gasteiger partial charge in [-0.25, -0.2) is 0 Å². The molecule has 0 aliphatic carbocycles. The number of nitrogens with zero attached hydrogens (tertiary/aromatic N) is 1. The van der Waals surface area contributed by atoms with Gasteiger partial charge < -0.3 is 10.2 Å². The van der Waals surface area contributed by atoms with Crippen LogP contribution in [0.15, 0.2) is 0 Å². The minimum absolute atomic E-state index is 0.266. The van der Waals surface area contributed by atoms with Gasteiger partial charge in [0.25, 0.3) is 0 Å². The van der Waals surface area contributed by atoms with Crippen LogP contribution in [-0.4, -0.2) is 36.5 Å². The quantitative estimate of drug-likeness (QED) is 0.718. The van der Waals surface area contributed by atoms with Crippen molar-refractivity contribution in [1.29, 1.82) is 0 Å². The monoisotopic (exact) mass is 212 g/mol. The molecule has 0 spiro atoms. The van der Waals surface area contributed by atoms with Crippen LogP contribution in [0.3, 0.4) is 0 Å². The molecule has 1 saturated heterocycles. The molecule has 3 heteroatoms. The molecule has 1 aliphatic heterocycles. The molecule has 3 nitrogen and oxygen atoms in total. The lowest BCUT2D eigenvalue weighted by molar-refractivity contribution is -0.134. The van der Waals surface area contributed by atoms with E-state index in [0.29, 0.717) is 18.5 Å². The molecule has 1 aliphatic rings. The Bertz CT molecular complexity index is 206. The maximum absolute atomic E-state index is 11.9. The van der Waals surface area contributed by atoms with Crippen molar-refractivity contribution < 1.29 is 4.79 Å². The van der Waals surface area contributed by atoms with Crippen molar-refractivity contribution in [2.45, 2.75) is 46.1 Å². The minimum Gasteiger partial charge on any atom is -0.339 e. The summed E-state index contributed by atoms with van der Waals surface area (Å²) in [6.07, 6.45) is 3.50. The SMILES string of the molecule is CCCNCC(=O)N1CCCC(C)C1C. The second-order valence-corrected chi connectivity index (χ2v) is 4.62. The van der Waals surface area contributed by atoms with Crippen LogP contribution in [0.2, 0.25) is 0 Å². The molecule has 0 radical (unpaired) electrons. The highest BCUT2D eigenvalue weighted by atomic mass is 16.2. The number of likely N-dealkylation sites (tertiary alicyclic amines) is 1. The molecule has 2 atom stereocenters. The molecule has 1 heterocycles. The lowest BCUT2D eigenvalue weighted by Crippen LogP contribution is -2.49. The third kappa shape index (κ3) is 3.49. The number of carbonyl (C=O) groups excluding carboxylic acids is 1. The molecule has 88 valence electrons. The standard InChI is InChI=1S/C12H24N2O/c1-4-7-13-9-12(15)14-8-5-6-10(2)11(14)3/h10-11,13H,4-9H2,1-3H3. The van der Waals surface area contributed by atoms with Crippen molar-refractivity contribution in [3.63, 3.8) is 0 Å². The molecule has 0 aromatic heterocycles. The molecule has 0 saturated carbocycles. The fourth-order valence-corrected chi connectivity index (χ4v) is 2.16. The van der Waals surface area contributed by atoms with Crippen molar-refractivity contribution in [3.05, 3.63) is 0 Å². The van der Waals surface area contributed by atoms with E-state index in [0.717, 1.165) is 25.9 Å². The normalized spacial score (nSPS) is 26.7. The van der Waals surface area contributed by atoms with Crippen LogP contribution in [0.4, 0.5) is 0 Å². The van der Waals surface area contributed by atoms with E-state index >= 15 is 0 Å². The maximum Gasteiger partial charge on any atom is 0.236 e. The Hall–Kier alpha value is -0.570. The number of hydrogen-bond donors (Lipinski definition) is 1. The summed E-state index contributed by atoms with van der Waals surface area (Å²) >= 11 is 0. The van der Waals surface area contributed by atoms with Gasteiger partial charge >= 0.3 is 0 Å². The lowest BCUT2D eigenvalue weighted by Gasteiger charge is -2.38. The Kier molecular flexibility index (Phi) is 5.09. The summed E-state index contributed by atoms with van der Waals surface area (Å²) in [6, 6.07) is 0.412. The fourth-order valence-electron chi connectivity index (χ4n) is 2.16. The number of nitrogens with one attached hydrogen (secondary N) is 1.